The fraction of sp³-hybridized carbons (Fsp3) is 1.00. The van der Waals surface area contributed by atoms with Crippen molar-refractivity contribution in [1.29, 1.82) is 0 Å². The lowest BCUT2D eigenvalue weighted by Gasteiger charge is -2.42. The molecular weight excluding hydrogens is 162 g/mol. The first-order valence-electron chi connectivity index (χ1n) is 5.44. The molecule has 2 aliphatic rings. The molecule has 0 aromatic rings. The summed E-state index contributed by atoms with van der Waals surface area (Å²) in [6.45, 7) is 10.3. The predicted molar refractivity (Wildman–Crippen MR) is 53.8 cm³/mol. The maximum Gasteiger partial charge on any atom is 0.0731 e. The molecule has 0 aromatic carbocycles. The Morgan fingerprint density at radius 3 is 2.69 bits per heavy atom. The second-order valence-electron chi connectivity index (χ2n) is 5.36. The summed E-state index contributed by atoms with van der Waals surface area (Å²) in [7, 11) is 0. The van der Waals surface area contributed by atoms with Crippen molar-refractivity contribution in [2.75, 3.05) is 19.7 Å². The lowest BCUT2D eigenvalue weighted by Crippen LogP contribution is -2.51. The number of hydrogen-bond acceptors (Lipinski definition) is 2. The lowest BCUT2D eigenvalue weighted by atomic mass is 9.90. The van der Waals surface area contributed by atoms with Crippen molar-refractivity contribution in [3.05, 3.63) is 0 Å². The van der Waals surface area contributed by atoms with Crippen molar-refractivity contribution in [3.8, 4) is 0 Å². The van der Waals surface area contributed by atoms with Gasteiger partial charge in [-0.15, -0.1) is 0 Å². The van der Waals surface area contributed by atoms with Crippen molar-refractivity contribution >= 4 is 0 Å². The van der Waals surface area contributed by atoms with Crippen LogP contribution in [0, 0.1) is 5.92 Å². The normalized spacial score (nSPS) is 36.2. The van der Waals surface area contributed by atoms with E-state index in [9.17, 15) is 0 Å². The topological polar surface area (TPSA) is 12.5 Å². The number of fused-ring (bicyclic) bond motifs is 1. The van der Waals surface area contributed by atoms with Crippen LogP contribution in [-0.2, 0) is 4.74 Å². The zero-order chi connectivity index (χ0) is 9.47. The van der Waals surface area contributed by atoms with Crippen molar-refractivity contribution in [3.63, 3.8) is 0 Å². The average molecular weight is 183 g/mol. The van der Waals surface area contributed by atoms with Crippen molar-refractivity contribution in [2.24, 2.45) is 5.92 Å². The molecule has 0 radical (unpaired) electrons. The van der Waals surface area contributed by atoms with Gasteiger partial charge in [-0.25, -0.2) is 0 Å². The molecule has 0 saturated carbocycles. The second kappa shape index (κ2) is 3.25. The molecule has 0 spiro atoms. The zero-order valence-corrected chi connectivity index (χ0v) is 9.05. The minimum absolute atomic E-state index is 0.316. The fourth-order valence-electron chi connectivity index (χ4n) is 2.46. The first-order valence-corrected chi connectivity index (χ1v) is 5.44. The maximum atomic E-state index is 5.74. The van der Waals surface area contributed by atoms with Crippen LogP contribution in [0.1, 0.15) is 33.6 Å². The summed E-state index contributed by atoms with van der Waals surface area (Å²) < 4.78 is 5.74. The van der Waals surface area contributed by atoms with E-state index in [0.29, 0.717) is 11.6 Å². The maximum absolute atomic E-state index is 5.74. The van der Waals surface area contributed by atoms with Crippen molar-refractivity contribution in [1.82, 2.24) is 4.90 Å². The summed E-state index contributed by atoms with van der Waals surface area (Å²) in [4.78, 5) is 2.56. The second-order valence-corrected chi connectivity index (χ2v) is 5.36. The Morgan fingerprint density at radius 1 is 1.23 bits per heavy atom. The van der Waals surface area contributed by atoms with Gasteiger partial charge in [-0.3, -0.25) is 4.90 Å². The van der Waals surface area contributed by atoms with E-state index >= 15 is 0 Å². The molecule has 2 atom stereocenters. The van der Waals surface area contributed by atoms with Gasteiger partial charge in [0.05, 0.1) is 6.10 Å². The quantitative estimate of drug-likeness (QED) is 0.568. The van der Waals surface area contributed by atoms with Gasteiger partial charge in [-0.1, -0.05) is 0 Å². The molecule has 0 aromatic heterocycles. The lowest BCUT2D eigenvalue weighted by molar-refractivity contribution is -0.00789. The molecule has 0 N–H and O–H groups in total. The molecule has 0 bridgehead atoms. The molecule has 2 heterocycles. The van der Waals surface area contributed by atoms with Crippen LogP contribution in [0.5, 0.6) is 0 Å². The Kier molecular flexibility index (Phi) is 2.37. The number of hydrogen-bond donors (Lipinski definition) is 0. The number of ether oxygens (including phenoxy) is 1. The summed E-state index contributed by atoms with van der Waals surface area (Å²) in [6, 6.07) is 0. The molecule has 2 saturated heterocycles. The van der Waals surface area contributed by atoms with Crippen molar-refractivity contribution < 1.29 is 4.74 Å². The van der Waals surface area contributed by atoms with Crippen LogP contribution in [0.3, 0.4) is 0 Å². The summed E-state index contributed by atoms with van der Waals surface area (Å²) in [5.74, 6) is 0.860. The van der Waals surface area contributed by atoms with Crippen LogP contribution in [0.2, 0.25) is 0 Å². The first kappa shape index (κ1) is 9.47. The first-order chi connectivity index (χ1) is 6.07. The number of nitrogens with zero attached hydrogens (tertiary/aromatic N) is 1. The highest BCUT2D eigenvalue weighted by molar-refractivity contribution is 4.89. The molecule has 13 heavy (non-hydrogen) atoms. The van der Waals surface area contributed by atoms with Crippen LogP contribution in [0.25, 0.3) is 0 Å². The standard InChI is InChI=1S/C11H21NO/c1-11(2,3)12-6-4-9-5-7-13-10(9)8-12/h9-10H,4-8H2,1-3H3. The van der Waals surface area contributed by atoms with Crippen LogP contribution in [0.4, 0.5) is 0 Å². The molecule has 2 unspecified atom stereocenters. The van der Waals surface area contributed by atoms with E-state index in [1.54, 1.807) is 0 Å². The minimum Gasteiger partial charge on any atom is -0.377 e. The van der Waals surface area contributed by atoms with Crippen LogP contribution >= 0.6 is 0 Å². The molecule has 2 aliphatic heterocycles. The van der Waals surface area contributed by atoms with Crippen molar-refractivity contribution in [2.45, 2.75) is 45.3 Å². The third-order valence-electron chi connectivity index (χ3n) is 3.47. The van der Waals surface area contributed by atoms with Crippen LogP contribution < -0.4 is 0 Å². The Hall–Kier alpha value is -0.0800. The molecular formula is C11H21NO. The number of piperidine rings is 1. The largest absolute Gasteiger partial charge is 0.377 e. The fourth-order valence-corrected chi connectivity index (χ4v) is 2.46. The van der Waals surface area contributed by atoms with E-state index in [-0.39, 0.29) is 0 Å². The van der Waals surface area contributed by atoms with E-state index in [4.69, 9.17) is 4.74 Å². The van der Waals surface area contributed by atoms with Gasteiger partial charge >= 0.3 is 0 Å². The molecule has 0 amide bonds. The molecule has 2 fully saturated rings. The Balaban J connectivity index is 1.97. The van der Waals surface area contributed by atoms with Gasteiger partial charge in [0, 0.05) is 18.7 Å². The summed E-state index contributed by atoms with van der Waals surface area (Å²) >= 11 is 0. The number of likely N-dealkylation sites (tertiary alicyclic amines) is 1. The van der Waals surface area contributed by atoms with Gasteiger partial charge in [0.1, 0.15) is 0 Å². The number of rotatable bonds is 0. The molecule has 2 rings (SSSR count). The van der Waals surface area contributed by atoms with Gasteiger partial charge in [0.15, 0.2) is 0 Å². The van der Waals surface area contributed by atoms with E-state index in [2.05, 4.69) is 25.7 Å². The van der Waals surface area contributed by atoms with Gasteiger partial charge in [-0.2, -0.15) is 0 Å². The van der Waals surface area contributed by atoms with E-state index in [1.807, 2.05) is 0 Å². The Labute approximate surface area is 81.3 Å². The third-order valence-corrected chi connectivity index (χ3v) is 3.47. The Bertz CT molecular complexity index is 185. The van der Waals surface area contributed by atoms with Gasteiger partial charge in [0.25, 0.3) is 0 Å². The zero-order valence-electron chi connectivity index (χ0n) is 9.05. The smallest absolute Gasteiger partial charge is 0.0731 e. The highest BCUT2D eigenvalue weighted by Gasteiger charge is 2.37. The SMILES string of the molecule is CC(C)(C)N1CCC2CCOC2C1. The monoisotopic (exact) mass is 183 g/mol. The van der Waals surface area contributed by atoms with E-state index in [1.165, 1.54) is 19.4 Å². The Morgan fingerprint density at radius 2 is 2.00 bits per heavy atom. The molecule has 2 nitrogen and oxygen atoms in total. The van der Waals surface area contributed by atoms with Crippen LogP contribution in [-0.4, -0.2) is 36.2 Å². The van der Waals surface area contributed by atoms with Gasteiger partial charge < -0.3 is 4.74 Å². The molecule has 0 aliphatic carbocycles. The minimum atomic E-state index is 0.316. The molecule has 2 heteroatoms. The van der Waals surface area contributed by atoms with Gasteiger partial charge in [0.2, 0.25) is 0 Å². The van der Waals surface area contributed by atoms with E-state index < -0.39 is 0 Å². The molecule has 76 valence electrons. The summed E-state index contributed by atoms with van der Waals surface area (Å²) in [5, 5.41) is 0. The van der Waals surface area contributed by atoms with Gasteiger partial charge in [-0.05, 0) is 46.1 Å². The third kappa shape index (κ3) is 1.89. The van der Waals surface area contributed by atoms with E-state index in [0.717, 1.165) is 19.1 Å². The summed E-state index contributed by atoms with van der Waals surface area (Å²) in [6.07, 6.45) is 3.16. The summed E-state index contributed by atoms with van der Waals surface area (Å²) in [5.41, 5.74) is 0.316. The highest BCUT2D eigenvalue weighted by atomic mass is 16.5. The highest BCUT2D eigenvalue weighted by Crippen LogP contribution is 2.31. The predicted octanol–water partition coefficient (Wildman–Crippen LogP) is 1.90. The average Bonchev–Trinajstić information content (AvgIpc) is 2.47. The van der Waals surface area contributed by atoms with Crippen LogP contribution in [0.15, 0.2) is 0 Å².